The van der Waals surface area contributed by atoms with Gasteiger partial charge >= 0.3 is 5.97 Å². The molecule has 1 aromatic rings. The minimum atomic E-state index is -0.957. The molecule has 88 valence electrons. The highest BCUT2D eigenvalue weighted by Gasteiger charge is 2.16. The summed E-state index contributed by atoms with van der Waals surface area (Å²) in [6.45, 7) is 6.38. The minimum Gasteiger partial charge on any atom is -0.480 e. The third kappa shape index (κ3) is 3.35. The van der Waals surface area contributed by atoms with E-state index in [4.69, 9.17) is 10.8 Å². The zero-order valence-electron chi connectivity index (χ0n) is 10.0. The van der Waals surface area contributed by atoms with Crippen molar-refractivity contribution in [2.75, 3.05) is 0 Å². The predicted octanol–water partition coefficient (Wildman–Crippen LogP) is 1.94. The molecule has 0 spiro atoms. The van der Waals surface area contributed by atoms with Crippen LogP contribution in [0.25, 0.3) is 0 Å². The number of rotatable bonds is 3. The maximum atomic E-state index is 10.7. The lowest BCUT2D eigenvalue weighted by Crippen LogP contribution is -2.32. The molecule has 3 heteroatoms. The zero-order chi connectivity index (χ0) is 12.3. The van der Waals surface area contributed by atoms with Gasteiger partial charge in [-0.05, 0) is 23.0 Å². The van der Waals surface area contributed by atoms with Crippen molar-refractivity contribution in [2.24, 2.45) is 5.73 Å². The van der Waals surface area contributed by atoms with E-state index in [1.807, 2.05) is 18.2 Å². The van der Waals surface area contributed by atoms with Crippen LogP contribution in [0.3, 0.4) is 0 Å². The first kappa shape index (κ1) is 12.7. The largest absolute Gasteiger partial charge is 0.480 e. The second-order valence-electron chi connectivity index (χ2n) is 5.10. The molecular formula is C13H19NO2. The van der Waals surface area contributed by atoms with Crippen LogP contribution in [-0.2, 0) is 16.6 Å². The van der Waals surface area contributed by atoms with E-state index in [9.17, 15) is 4.79 Å². The van der Waals surface area contributed by atoms with E-state index in [2.05, 4.69) is 26.8 Å². The van der Waals surface area contributed by atoms with E-state index in [0.29, 0.717) is 6.42 Å². The van der Waals surface area contributed by atoms with Crippen LogP contribution >= 0.6 is 0 Å². The molecule has 3 nitrogen and oxygen atoms in total. The fraction of sp³-hybridized carbons (Fsp3) is 0.462. The fourth-order valence-corrected chi connectivity index (χ4v) is 1.51. The Hall–Kier alpha value is -1.35. The van der Waals surface area contributed by atoms with Crippen molar-refractivity contribution in [3.05, 3.63) is 35.4 Å². The van der Waals surface area contributed by atoms with Gasteiger partial charge in [-0.25, -0.2) is 0 Å². The van der Waals surface area contributed by atoms with Crippen molar-refractivity contribution >= 4 is 5.97 Å². The SMILES string of the molecule is CC(C)(C)c1cccc(C[C@H](N)C(=O)O)c1. The van der Waals surface area contributed by atoms with Crippen molar-refractivity contribution in [3.63, 3.8) is 0 Å². The molecule has 0 amide bonds. The van der Waals surface area contributed by atoms with Gasteiger partial charge in [0.2, 0.25) is 0 Å². The van der Waals surface area contributed by atoms with Crippen LogP contribution in [0.5, 0.6) is 0 Å². The van der Waals surface area contributed by atoms with Gasteiger partial charge in [-0.1, -0.05) is 45.0 Å². The number of nitrogens with two attached hydrogens (primary N) is 1. The summed E-state index contributed by atoms with van der Waals surface area (Å²) in [5.41, 5.74) is 7.75. The second-order valence-corrected chi connectivity index (χ2v) is 5.10. The molecule has 0 aliphatic rings. The first-order valence-corrected chi connectivity index (χ1v) is 5.38. The Morgan fingerprint density at radius 2 is 2.06 bits per heavy atom. The zero-order valence-corrected chi connectivity index (χ0v) is 10.0. The van der Waals surface area contributed by atoms with Gasteiger partial charge in [0.1, 0.15) is 6.04 Å². The predicted molar refractivity (Wildman–Crippen MR) is 64.5 cm³/mol. The first-order valence-electron chi connectivity index (χ1n) is 5.38. The summed E-state index contributed by atoms with van der Waals surface area (Å²) in [7, 11) is 0. The number of benzene rings is 1. The van der Waals surface area contributed by atoms with Gasteiger partial charge in [0, 0.05) is 0 Å². The van der Waals surface area contributed by atoms with Gasteiger partial charge in [0.05, 0.1) is 0 Å². The molecule has 16 heavy (non-hydrogen) atoms. The number of aliphatic carboxylic acids is 1. The Labute approximate surface area is 96.3 Å². The second kappa shape index (κ2) is 4.66. The Morgan fingerprint density at radius 1 is 1.44 bits per heavy atom. The number of hydrogen-bond acceptors (Lipinski definition) is 2. The number of carboxylic acid groups (broad SMARTS) is 1. The van der Waals surface area contributed by atoms with E-state index in [1.54, 1.807) is 0 Å². The third-order valence-electron chi connectivity index (χ3n) is 2.57. The summed E-state index contributed by atoms with van der Waals surface area (Å²) >= 11 is 0. The van der Waals surface area contributed by atoms with Crippen LogP contribution < -0.4 is 5.73 Å². The van der Waals surface area contributed by atoms with Crippen molar-refractivity contribution in [1.82, 2.24) is 0 Å². The Bertz CT molecular complexity index is 380. The normalized spacial score (nSPS) is 13.5. The molecule has 0 bridgehead atoms. The molecule has 0 aliphatic carbocycles. The van der Waals surface area contributed by atoms with Crippen LogP contribution in [0, 0.1) is 0 Å². The molecule has 3 N–H and O–H groups in total. The molecule has 1 atom stereocenters. The lowest BCUT2D eigenvalue weighted by atomic mass is 9.85. The summed E-state index contributed by atoms with van der Waals surface area (Å²) in [6, 6.07) is 7.12. The molecule has 0 radical (unpaired) electrons. The van der Waals surface area contributed by atoms with Crippen LogP contribution in [0.2, 0.25) is 0 Å². The number of carbonyl (C=O) groups is 1. The molecule has 1 aromatic carbocycles. The quantitative estimate of drug-likeness (QED) is 0.819. The molecule has 0 saturated heterocycles. The monoisotopic (exact) mass is 221 g/mol. The van der Waals surface area contributed by atoms with Crippen LogP contribution in [0.4, 0.5) is 0 Å². The summed E-state index contributed by atoms with van der Waals surface area (Å²) in [5.74, 6) is -0.957. The molecular weight excluding hydrogens is 202 g/mol. The van der Waals surface area contributed by atoms with E-state index in [-0.39, 0.29) is 5.41 Å². The van der Waals surface area contributed by atoms with Gasteiger partial charge in [-0.2, -0.15) is 0 Å². The highest BCUT2D eigenvalue weighted by atomic mass is 16.4. The molecule has 0 saturated carbocycles. The van der Waals surface area contributed by atoms with E-state index >= 15 is 0 Å². The summed E-state index contributed by atoms with van der Waals surface area (Å²) in [5, 5.41) is 8.75. The van der Waals surface area contributed by atoms with Crippen molar-refractivity contribution < 1.29 is 9.90 Å². The summed E-state index contributed by atoms with van der Waals surface area (Å²) in [4.78, 5) is 10.7. The van der Waals surface area contributed by atoms with Gasteiger partial charge < -0.3 is 10.8 Å². The van der Waals surface area contributed by atoms with Crippen molar-refractivity contribution in [1.29, 1.82) is 0 Å². The molecule has 0 aliphatic heterocycles. The fourth-order valence-electron chi connectivity index (χ4n) is 1.51. The third-order valence-corrected chi connectivity index (χ3v) is 2.57. The lowest BCUT2D eigenvalue weighted by Gasteiger charge is -2.20. The van der Waals surface area contributed by atoms with Gasteiger partial charge in [-0.3, -0.25) is 4.79 Å². The van der Waals surface area contributed by atoms with Crippen molar-refractivity contribution in [2.45, 2.75) is 38.6 Å². The Morgan fingerprint density at radius 3 is 2.56 bits per heavy atom. The molecule has 0 heterocycles. The summed E-state index contributed by atoms with van der Waals surface area (Å²) < 4.78 is 0. The van der Waals surface area contributed by atoms with Gasteiger partial charge in [-0.15, -0.1) is 0 Å². The molecule has 0 unspecified atom stereocenters. The van der Waals surface area contributed by atoms with E-state index in [0.717, 1.165) is 5.56 Å². The number of hydrogen-bond donors (Lipinski definition) is 2. The Kier molecular flexibility index (Phi) is 3.70. The first-order chi connectivity index (χ1) is 7.30. The van der Waals surface area contributed by atoms with Crippen LogP contribution in [-0.4, -0.2) is 17.1 Å². The van der Waals surface area contributed by atoms with Gasteiger partial charge in [0.25, 0.3) is 0 Å². The highest BCUT2D eigenvalue weighted by molar-refractivity contribution is 5.73. The Balaban J connectivity index is 2.87. The average Bonchev–Trinajstić information content (AvgIpc) is 2.16. The highest BCUT2D eigenvalue weighted by Crippen LogP contribution is 2.23. The van der Waals surface area contributed by atoms with E-state index in [1.165, 1.54) is 5.56 Å². The van der Waals surface area contributed by atoms with Gasteiger partial charge in [0.15, 0.2) is 0 Å². The summed E-state index contributed by atoms with van der Waals surface area (Å²) in [6.07, 6.45) is 0.374. The smallest absolute Gasteiger partial charge is 0.320 e. The maximum absolute atomic E-state index is 10.7. The molecule has 0 aromatic heterocycles. The van der Waals surface area contributed by atoms with Crippen LogP contribution in [0.1, 0.15) is 31.9 Å². The standard InChI is InChI=1S/C13H19NO2/c1-13(2,3)10-6-4-5-9(7-10)8-11(14)12(15)16/h4-7,11H,8,14H2,1-3H3,(H,15,16)/t11-/m0/s1. The van der Waals surface area contributed by atoms with E-state index < -0.39 is 12.0 Å². The molecule has 1 rings (SSSR count). The average molecular weight is 221 g/mol. The minimum absolute atomic E-state index is 0.0727. The van der Waals surface area contributed by atoms with Crippen LogP contribution in [0.15, 0.2) is 24.3 Å². The maximum Gasteiger partial charge on any atom is 0.320 e. The number of carboxylic acids is 1. The topological polar surface area (TPSA) is 63.3 Å². The van der Waals surface area contributed by atoms with Crippen molar-refractivity contribution in [3.8, 4) is 0 Å². The lowest BCUT2D eigenvalue weighted by molar-refractivity contribution is -0.138. The molecule has 0 fully saturated rings.